The Morgan fingerprint density at radius 3 is 2.44 bits per heavy atom. The number of methoxy groups -OCH3 is 2. The summed E-state index contributed by atoms with van der Waals surface area (Å²) < 4.78 is 23.3. The summed E-state index contributed by atoms with van der Waals surface area (Å²) >= 11 is -1.33. The molecule has 0 bridgehead atoms. The van der Waals surface area contributed by atoms with Crippen LogP contribution in [0.4, 0.5) is 0 Å². The van der Waals surface area contributed by atoms with Gasteiger partial charge in [0.05, 0.1) is 30.9 Å². The minimum Gasteiger partial charge on any atom is -0.609 e. The van der Waals surface area contributed by atoms with Crippen molar-refractivity contribution < 1.29 is 30.5 Å². The van der Waals surface area contributed by atoms with Crippen molar-refractivity contribution in [2.24, 2.45) is 0 Å². The molecule has 0 amide bonds. The van der Waals surface area contributed by atoms with E-state index < -0.39 is 11.2 Å². The number of nitrogens with one attached hydrogen (secondary N) is 1. The van der Waals surface area contributed by atoms with Gasteiger partial charge in [-0.15, -0.1) is 0 Å². The van der Waals surface area contributed by atoms with Crippen molar-refractivity contribution in [1.82, 2.24) is 15.0 Å². The van der Waals surface area contributed by atoms with Crippen molar-refractivity contribution in [3.05, 3.63) is 41.2 Å². The molecule has 0 aliphatic carbocycles. The molecule has 0 aliphatic heterocycles. The molecular formula is C17H25N3O6S. The van der Waals surface area contributed by atoms with Gasteiger partial charge in [-0.1, -0.05) is 0 Å². The maximum Gasteiger partial charge on any atom is 0.322 e. The van der Waals surface area contributed by atoms with Crippen LogP contribution in [0.2, 0.25) is 0 Å². The van der Waals surface area contributed by atoms with Gasteiger partial charge in [0, 0.05) is 34.6 Å². The lowest BCUT2D eigenvalue weighted by Crippen LogP contribution is -2.10. The lowest BCUT2D eigenvalue weighted by atomic mass is 10.1. The van der Waals surface area contributed by atoms with E-state index in [-0.39, 0.29) is 22.2 Å². The highest BCUT2D eigenvalue weighted by Crippen LogP contribution is 2.27. The molecule has 10 heteroatoms. The Labute approximate surface area is 159 Å². The van der Waals surface area contributed by atoms with E-state index in [0.29, 0.717) is 10.9 Å². The summed E-state index contributed by atoms with van der Waals surface area (Å²) in [4.78, 5) is 11.9. The summed E-state index contributed by atoms with van der Waals surface area (Å²) in [5.41, 5.74) is 4.16. The van der Waals surface area contributed by atoms with E-state index in [1.807, 2.05) is 32.0 Å². The van der Waals surface area contributed by atoms with Gasteiger partial charge < -0.3 is 30.5 Å². The van der Waals surface area contributed by atoms with E-state index in [0.717, 1.165) is 33.6 Å². The molecular weight excluding hydrogens is 374 g/mol. The predicted molar refractivity (Wildman–Crippen MR) is 104 cm³/mol. The molecule has 1 unspecified atom stereocenters. The molecule has 0 aliphatic rings. The van der Waals surface area contributed by atoms with Crippen LogP contribution in [0, 0.1) is 13.8 Å². The smallest absolute Gasteiger partial charge is 0.322 e. The van der Waals surface area contributed by atoms with Gasteiger partial charge in [-0.3, -0.25) is 9.97 Å². The van der Waals surface area contributed by atoms with Crippen LogP contribution in [0.5, 0.6) is 11.5 Å². The summed E-state index contributed by atoms with van der Waals surface area (Å²) in [6.07, 6.45) is 1.74. The van der Waals surface area contributed by atoms with E-state index in [1.165, 1.54) is 0 Å². The number of ether oxygens (including phenoxy) is 2. The van der Waals surface area contributed by atoms with Crippen LogP contribution in [0.25, 0.3) is 11.0 Å². The number of benzene rings is 1. The number of aromatic nitrogens is 3. The molecule has 3 aromatic rings. The number of rotatable bonds is 5. The van der Waals surface area contributed by atoms with Gasteiger partial charge in [0.1, 0.15) is 11.5 Å². The first-order chi connectivity index (χ1) is 11.5. The van der Waals surface area contributed by atoms with E-state index >= 15 is 0 Å². The normalized spacial score (nSPS) is 11.0. The van der Waals surface area contributed by atoms with Crippen molar-refractivity contribution in [2.45, 2.75) is 24.8 Å². The summed E-state index contributed by atoms with van der Waals surface area (Å²) in [6.45, 7) is 3.86. The van der Waals surface area contributed by atoms with Gasteiger partial charge in [0.2, 0.25) is 0 Å². The van der Waals surface area contributed by atoms with Crippen molar-refractivity contribution in [2.75, 3.05) is 14.2 Å². The quantitative estimate of drug-likeness (QED) is 0.610. The predicted octanol–water partition coefficient (Wildman–Crippen LogP) is 0.426. The number of aryl methyl sites for hydroxylation is 1. The van der Waals surface area contributed by atoms with Crippen LogP contribution >= 0.6 is 0 Å². The van der Waals surface area contributed by atoms with Crippen molar-refractivity contribution in [1.29, 1.82) is 0 Å². The zero-order valence-corrected chi connectivity index (χ0v) is 16.4. The summed E-state index contributed by atoms with van der Waals surface area (Å²) in [5, 5.41) is 0.430. The lowest BCUT2D eigenvalue weighted by molar-refractivity contribution is 0.407. The third kappa shape index (κ3) is 4.87. The van der Waals surface area contributed by atoms with E-state index in [9.17, 15) is 4.55 Å². The molecule has 1 atom stereocenters. The van der Waals surface area contributed by atoms with Gasteiger partial charge >= 0.3 is 5.16 Å². The van der Waals surface area contributed by atoms with E-state index in [4.69, 9.17) is 9.47 Å². The minimum atomic E-state index is -1.33. The Morgan fingerprint density at radius 2 is 1.81 bits per heavy atom. The van der Waals surface area contributed by atoms with Crippen LogP contribution in [0.1, 0.15) is 16.8 Å². The van der Waals surface area contributed by atoms with E-state index in [1.54, 1.807) is 20.4 Å². The third-order valence-electron chi connectivity index (χ3n) is 3.90. The Balaban J connectivity index is 0.00000225. The van der Waals surface area contributed by atoms with Crippen molar-refractivity contribution in [3.63, 3.8) is 0 Å². The Morgan fingerprint density at radius 1 is 1.11 bits per heavy atom. The number of hydrogen-bond acceptors (Lipinski definition) is 5. The number of aromatic amines is 1. The number of fused-ring (bicyclic) bond motifs is 1. The fraction of sp³-hybridized carbons (Fsp3) is 0.294. The standard InChI is InChI=1S/C17H19N3O3S.3H2O/c1-10-8-18-15(11(2)16(10)23-4)9-24(21)17-19-13-6-5-12(22-3)7-14(13)20-17;;;/h5-8H,9H2,1-4H3,(H,19,20);3*1H2. The number of pyridine rings is 1. The Kier molecular flexibility index (Phi) is 9.21. The molecule has 0 fully saturated rings. The highest BCUT2D eigenvalue weighted by atomic mass is 32.2. The zero-order valence-electron chi connectivity index (χ0n) is 15.5. The molecule has 27 heavy (non-hydrogen) atoms. The number of hydrogen-bond donors (Lipinski definition) is 1. The molecule has 150 valence electrons. The maximum absolute atomic E-state index is 12.7. The fourth-order valence-electron chi connectivity index (χ4n) is 2.61. The van der Waals surface area contributed by atoms with Crippen LogP contribution in [-0.2, 0) is 16.9 Å². The molecule has 0 radical (unpaired) electrons. The van der Waals surface area contributed by atoms with Crippen molar-refractivity contribution >= 4 is 22.2 Å². The first-order valence-corrected chi connectivity index (χ1v) is 8.76. The molecule has 2 aromatic heterocycles. The molecule has 7 N–H and O–H groups in total. The van der Waals surface area contributed by atoms with Gasteiger partial charge in [0.25, 0.3) is 0 Å². The van der Waals surface area contributed by atoms with Gasteiger partial charge in [-0.05, 0) is 26.0 Å². The SMILES string of the molecule is COc1ccc2[nH]c([S+]([O-])Cc3ncc(C)c(OC)c3C)nc2c1.O.O.O. The van der Waals surface area contributed by atoms with Crippen molar-refractivity contribution in [3.8, 4) is 11.5 Å². The molecule has 0 saturated carbocycles. The zero-order chi connectivity index (χ0) is 17.3. The Hall–Kier alpha value is -2.37. The van der Waals surface area contributed by atoms with Crippen LogP contribution < -0.4 is 9.47 Å². The average molecular weight is 399 g/mol. The second kappa shape index (κ2) is 10.1. The molecule has 1 aromatic carbocycles. The average Bonchev–Trinajstić information content (AvgIpc) is 3.01. The highest BCUT2D eigenvalue weighted by molar-refractivity contribution is 7.90. The summed E-state index contributed by atoms with van der Waals surface area (Å²) in [6, 6.07) is 5.51. The lowest BCUT2D eigenvalue weighted by Gasteiger charge is -2.13. The minimum absolute atomic E-state index is 0. The number of imidazole rings is 1. The monoisotopic (exact) mass is 399 g/mol. The number of nitrogens with zero attached hydrogens (tertiary/aromatic N) is 2. The maximum atomic E-state index is 12.7. The molecule has 0 saturated heterocycles. The fourth-order valence-corrected chi connectivity index (χ4v) is 3.71. The third-order valence-corrected chi connectivity index (χ3v) is 5.06. The van der Waals surface area contributed by atoms with Crippen LogP contribution in [0.3, 0.4) is 0 Å². The van der Waals surface area contributed by atoms with Crippen LogP contribution in [0.15, 0.2) is 29.6 Å². The number of H-pyrrole nitrogens is 1. The van der Waals surface area contributed by atoms with Crippen LogP contribution in [-0.4, -0.2) is 50.2 Å². The highest BCUT2D eigenvalue weighted by Gasteiger charge is 2.21. The summed E-state index contributed by atoms with van der Waals surface area (Å²) in [5.74, 6) is 1.78. The molecule has 3 rings (SSSR count). The summed E-state index contributed by atoms with van der Waals surface area (Å²) in [7, 11) is 3.23. The first-order valence-electron chi connectivity index (χ1n) is 7.44. The second-order valence-corrected chi connectivity index (χ2v) is 6.83. The molecule has 2 heterocycles. The molecule has 9 nitrogen and oxygen atoms in total. The molecule has 0 spiro atoms. The van der Waals surface area contributed by atoms with E-state index in [2.05, 4.69) is 15.0 Å². The largest absolute Gasteiger partial charge is 0.609 e. The second-order valence-electron chi connectivity index (χ2n) is 5.46. The van der Waals surface area contributed by atoms with Gasteiger partial charge in [-0.25, -0.2) is 0 Å². The van der Waals surface area contributed by atoms with Gasteiger partial charge in [0.15, 0.2) is 5.75 Å². The topological polar surface area (TPSA) is 178 Å². The Bertz CT molecular complexity index is 886. The van der Waals surface area contributed by atoms with Gasteiger partial charge in [-0.2, -0.15) is 4.98 Å². The first kappa shape index (κ1) is 24.6.